The zero-order chi connectivity index (χ0) is 24.3. The second-order valence-electron chi connectivity index (χ2n) is 7.75. The standard InChI is InChI=1S/C25H22F3N5O/c1-15-3-12-21-20(13-15)22(33-24(29-2)32-21)30-14-16-4-10-19(11-5-16)31-23(34)17-6-8-18(9-7-17)25(26,27)28/h3-13H,14H2,1-2H3,(H,31,34)(H2,29,30,32,33). The molecule has 34 heavy (non-hydrogen) atoms. The first-order valence-corrected chi connectivity index (χ1v) is 10.5. The third-order valence-corrected chi connectivity index (χ3v) is 5.22. The Bertz CT molecular complexity index is 1320. The van der Waals surface area contributed by atoms with Gasteiger partial charge in [0, 0.05) is 30.2 Å². The smallest absolute Gasteiger partial charge is 0.365 e. The minimum Gasteiger partial charge on any atom is -0.365 e. The van der Waals surface area contributed by atoms with Crippen LogP contribution in [0.15, 0.2) is 66.7 Å². The van der Waals surface area contributed by atoms with Crippen LogP contribution >= 0.6 is 0 Å². The molecule has 4 aromatic rings. The molecule has 9 heteroatoms. The predicted octanol–water partition coefficient (Wildman–Crippen LogP) is 5.86. The number of hydrogen-bond donors (Lipinski definition) is 3. The van der Waals surface area contributed by atoms with Gasteiger partial charge in [0.25, 0.3) is 5.91 Å². The van der Waals surface area contributed by atoms with Crippen LogP contribution in [0.3, 0.4) is 0 Å². The lowest BCUT2D eigenvalue weighted by Crippen LogP contribution is -2.13. The molecule has 0 aliphatic carbocycles. The van der Waals surface area contributed by atoms with E-state index in [0.717, 1.165) is 46.3 Å². The maximum absolute atomic E-state index is 12.7. The van der Waals surface area contributed by atoms with Gasteiger partial charge in [-0.2, -0.15) is 18.2 Å². The number of nitrogens with one attached hydrogen (secondary N) is 3. The van der Waals surface area contributed by atoms with E-state index < -0.39 is 17.6 Å². The van der Waals surface area contributed by atoms with E-state index in [9.17, 15) is 18.0 Å². The molecule has 3 aromatic carbocycles. The van der Waals surface area contributed by atoms with Crippen LogP contribution in [0, 0.1) is 6.92 Å². The largest absolute Gasteiger partial charge is 0.416 e. The number of fused-ring (bicyclic) bond motifs is 1. The number of anilines is 3. The number of alkyl halides is 3. The van der Waals surface area contributed by atoms with Crippen molar-refractivity contribution in [3.05, 3.63) is 89.0 Å². The number of benzene rings is 3. The summed E-state index contributed by atoms with van der Waals surface area (Å²) in [5, 5.41) is 9.91. The Morgan fingerprint density at radius 1 is 0.941 bits per heavy atom. The summed E-state index contributed by atoms with van der Waals surface area (Å²) in [6.45, 7) is 2.50. The van der Waals surface area contributed by atoms with E-state index in [1.165, 1.54) is 0 Å². The van der Waals surface area contributed by atoms with Crippen molar-refractivity contribution in [2.24, 2.45) is 0 Å². The summed E-state index contributed by atoms with van der Waals surface area (Å²) < 4.78 is 38.1. The molecule has 6 nitrogen and oxygen atoms in total. The highest BCUT2D eigenvalue weighted by atomic mass is 19.4. The Kier molecular flexibility index (Phi) is 6.36. The molecule has 0 spiro atoms. The summed E-state index contributed by atoms with van der Waals surface area (Å²) >= 11 is 0. The molecule has 0 fully saturated rings. The highest BCUT2D eigenvalue weighted by Crippen LogP contribution is 2.29. The zero-order valence-corrected chi connectivity index (χ0v) is 18.5. The van der Waals surface area contributed by atoms with Gasteiger partial charge in [0.15, 0.2) is 0 Å². The van der Waals surface area contributed by atoms with Crippen molar-refractivity contribution in [2.75, 3.05) is 23.0 Å². The summed E-state index contributed by atoms with van der Waals surface area (Å²) in [4.78, 5) is 21.4. The maximum Gasteiger partial charge on any atom is 0.416 e. The Morgan fingerprint density at radius 3 is 2.29 bits per heavy atom. The lowest BCUT2D eigenvalue weighted by molar-refractivity contribution is -0.137. The van der Waals surface area contributed by atoms with Gasteiger partial charge in [0.05, 0.1) is 11.1 Å². The van der Waals surface area contributed by atoms with Crippen molar-refractivity contribution >= 4 is 34.3 Å². The van der Waals surface area contributed by atoms with Crippen LogP contribution in [0.2, 0.25) is 0 Å². The van der Waals surface area contributed by atoms with E-state index in [1.54, 1.807) is 19.2 Å². The summed E-state index contributed by atoms with van der Waals surface area (Å²) in [6, 6.07) is 17.2. The SMILES string of the molecule is CNc1nc(NCc2ccc(NC(=O)c3ccc(C(F)(F)F)cc3)cc2)c2cc(C)ccc2n1. The van der Waals surface area contributed by atoms with Crippen molar-refractivity contribution in [3.63, 3.8) is 0 Å². The summed E-state index contributed by atoms with van der Waals surface area (Å²) in [6.07, 6.45) is -4.44. The summed E-state index contributed by atoms with van der Waals surface area (Å²) in [7, 11) is 1.76. The second-order valence-corrected chi connectivity index (χ2v) is 7.75. The average Bonchev–Trinajstić information content (AvgIpc) is 2.83. The number of aromatic nitrogens is 2. The number of hydrogen-bond acceptors (Lipinski definition) is 5. The lowest BCUT2D eigenvalue weighted by atomic mass is 10.1. The number of carbonyl (C=O) groups is 1. The third-order valence-electron chi connectivity index (χ3n) is 5.22. The van der Waals surface area contributed by atoms with Crippen LogP contribution in [0.5, 0.6) is 0 Å². The average molecular weight is 465 g/mol. The highest BCUT2D eigenvalue weighted by molar-refractivity contribution is 6.04. The molecule has 0 bridgehead atoms. The van der Waals surface area contributed by atoms with E-state index in [0.29, 0.717) is 24.0 Å². The normalized spacial score (nSPS) is 11.3. The fraction of sp³-hybridized carbons (Fsp3) is 0.160. The van der Waals surface area contributed by atoms with Gasteiger partial charge in [-0.1, -0.05) is 23.8 Å². The number of amides is 1. The van der Waals surface area contributed by atoms with Crippen LogP contribution in [-0.4, -0.2) is 22.9 Å². The molecule has 0 saturated carbocycles. The molecule has 1 amide bonds. The van der Waals surface area contributed by atoms with E-state index in [2.05, 4.69) is 25.9 Å². The van der Waals surface area contributed by atoms with Crippen LogP contribution in [0.1, 0.15) is 27.0 Å². The number of rotatable bonds is 6. The topological polar surface area (TPSA) is 78.9 Å². The van der Waals surface area contributed by atoms with Gasteiger partial charge >= 0.3 is 6.18 Å². The molecule has 0 aliphatic rings. The monoisotopic (exact) mass is 465 g/mol. The minimum absolute atomic E-state index is 0.144. The molecule has 0 unspecified atom stereocenters. The summed E-state index contributed by atoms with van der Waals surface area (Å²) in [5.41, 5.74) is 2.77. The van der Waals surface area contributed by atoms with Crippen molar-refractivity contribution in [2.45, 2.75) is 19.6 Å². The van der Waals surface area contributed by atoms with Gasteiger partial charge in [0.2, 0.25) is 5.95 Å². The molecule has 0 atom stereocenters. The van der Waals surface area contributed by atoms with E-state index in [1.807, 2.05) is 37.3 Å². The van der Waals surface area contributed by atoms with Gasteiger partial charge < -0.3 is 16.0 Å². The number of aryl methyl sites for hydroxylation is 1. The number of nitrogens with zero attached hydrogens (tertiary/aromatic N) is 2. The van der Waals surface area contributed by atoms with Crippen LogP contribution in [0.25, 0.3) is 10.9 Å². The van der Waals surface area contributed by atoms with Crippen LogP contribution < -0.4 is 16.0 Å². The highest BCUT2D eigenvalue weighted by Gasteiger charge is 2.30. The first-order chi connectivity index (χ1) is 16.2. The number of carbonyl (C=O) groups excluding carboxylic acids is 1. The Labute approximate surface area is 194 Å². The van der Waals surface area contributed by atoms with E-state index in [-0.39, 0.29) is 5.56 Å². The Hall–Kier alpha value is -4.14. The van der Waals surface area contributed by atoms with Crippen LogP contribution in [0.4, 0.5) is 30.6 Å². The van der Waals surface area contributed by atoms with Crippen molar-refractivity contribution < 1.29 is 18.0 Å². The molecule has 0 saturated heterocycles. The quantitative estimate of drug-likeness (QED) is 0.332. The molecular weight excluding hydrogens is 443 g/mol. The van der Waals surface area contributed by atoms with Crippen molar-refractivity contribution in [3.8, 4) is 0 Å². The second kappa shape index (κ2) is 9.38. The molecule has 0 aliphatic heterocycles. The van der Waals surface area contributed by atoms with Gasteiger partial charge in [0.1, 0.15) is 5.82 Å². The first kappa shape index (κ1) is 23.0. The van der Waals surface area contributed by atoms with E-state index in [4.69, 9.17) is 0 Å². The Balaban J connectivity index is 1.43. The molecule has 1 heterocycles. The fourth-order valence-corrected chi connectivity index (χ4v) is 3.39. The summed E-state index contributed by atoms with van der Waals surface area (Å²) in [5.74, 6) is 0.736. The zero-order valence-electron chi connectivity index (χ0n) is 18.5. The van der Waals surface area contributed by atoms with Gasteiger partial charge in [-0.25, -0.2) is 4.98 Å². The molecule has 0 radical (unpaired) electrons. The minimum atomic E-state index is -4.44. The molecule has 1 aromatic heterocycles. The number of halogens is 3. The molecular formula is C25H22F3N5O. The Morgan fingerprint density at radius 2 is 1.65 bits per heavy atom. The fourth-order valence-electron chi connectivity index (χ4n) is 3.39. The van der Waals surface area contributed by atoms with Crippen molar-refractivity contribution in [1.82, 2.24) is 9.97 Å². The van der Waals surface area contributed by atoms with Gasteiger partial charge in [-0.3, -0.25) is 4.79 Å². The lowest BCUT2D eigenvalue weighted by Gasteiger charge is -2.12. The molecule has 174 valence electrons. The molecule has 4 rings (SSSR count). The maximum atomic E-state index is 12.7. The van der Waals surface area contributed by atoms with E-state index >= 15 is 0 Å². The van der Waals surface area contributed by atoms with Crippen LogP contribution in [-0.2, 0) is 12.7 Å². The van der Waals surface area contributed by atoms with Gasteiger partial charge in [-0.05, 0) is 61.0 Å². The molecule has 3 N–H and O–H groups in total. The predicted molar refractivity (Wildman–Crippen MR) is 127 cm³/mol. The first-order valence-electron chi connectivity index (χ1n) is 10.5. The third kappa shape index (κ3) is 5.25. The van der Waals surface area contributed by atoms with Gasteiger partial charge in [-0.15, -0.1) is 0 Å². The van der Waals surface area contributed by atoms with Crippen molar-refractivity contribution in [1.29, 1.82) is 0 Å².